The number of allylic oxidation sites excluding steroid dienone is 1. The van der Waals surface area contributed by atoms with Crippen molar-refractivity contribution < 1.29 is 4.74 Å². The Morgan fingerprint density at radius 1 is 1.39 bits per heavy atom. The summed E-state index contributed by atoms with van der Waals surface area (Å²) in [5.74, 6) is 0. The van der Waals surface area contributed by atoms with Crippen molar-refractivity contribution in [3.05, 3.63) is 47.2 Å². The highest BCUT2D eigenvalue weighted by Gasteiger charge is 2.11. The standard InChI is InChI=1S/C14H16N2OS/c1-10(12-7-5-4-6-8-12)16-11(2)13(9-15)14(18)17-3/h4-8,10,16H,1-3H3. The molecule has 3 nitrogen and oxygen atoms in total. The summed E-state index contributed by atoms with van der Waals surface area (Å²) in [7, 11) is 1.47. The van der Waals surface area contributed by atoms with E-state index in [-0.39, 0.29) is 11.1 Å². The summed E-state index contributed by atoms with van der Waals surface area (Å²) >= 11 is 4.98. The average Bonchev–Trinajstić information content (AvgIpc) is 2.40. The molecule has 0 aliphatic rings. The highest BCUT2D eigenvalue weighted by molar-refractivity contribution is 7.80. The van der Waals surface area contributed by atoms with Gasteiger partial charge in [0.05, 0.1) is 7.11 Å². The molecule has 0 aliphatic carbocycles. The Kier molecular flexibility index (Phi) is 5.34. The quantitative estimate of drug-likeness (QED) is 0.513. The van der Waals surface area contributed by atoms with Crippen LogP contribution in [0.25, 0.3) is 0 Å². The summed E-state index contributed by atoms with van der Waals surface area (Å²) in [6.07, 6.45) is 0. The number of nitrogens with zero attached hydrogens (tertiary/aromatic N) is 1. The molecule has 18 heavy (non-hydrogen) atoms. The smallest absolute Gasteiger partial charge is 0.203 e. The second kappa shape index (κ2) is 6.77. The van der Waals surface area contributed by atoms with Gasteiger partial charge < -0.3 is 10.1 Å². The lowest BCUT2D eigenvalue weighted by Crippen LogP contribution is -2.19. The fraction of sp³-hybridized carbons (Fsp3) is 0.286. The van der Waals surface area contributed by atoms with E-state index in [2.05, 4.69) is 11.4 Å². The van der Waals surface area contributed by atoms with Gasteiger partial charge in [-0.1, -0.05) is 30.3 Å². The van der Waals surface area contributed by atoms with E-state index in [1.54, 1.807) is 0 Å². The van der Waals surface area contributed by atoms with Gasteiger partial charge in [0.25, 0.3) is 0 Å². The molecule has 0 bridgehead atoms. The predicted molar refractivity (Wildman–Crippen MR) is 75.9 cm³/mol. The van der Waals surface area contributed by atoms with Crippen molar-refractivity contribution in [2.45, 2.75) is 19.9 Å². The number of hydrogen-bond acceptors (Lipinski definition) is 4. The minimum Gasteiger partial charge on any atom is -0.486 e. The van der Waals surface area contributed by atoms with Crippen molar-refractivity contribution >= 4 is 17.3 Å². The second-order valence-electron chi connectivity index (χ2n) is 3.88. The van der Waals surface area contributed by atoms with Gasteiger partial charge in [-0.25, -0.2) is 0 Å². The zero-order valence-electron chi connectivity index (χ0n) is 10.7. The topological polar surface area (TPSA) is 45.0 Å². The van der Waals surface area contributed by atoms with Crippen LogP contribution in [0.1, 0.15) is 25.5 Å². The first-order valence-corrected chi connectivity index (χ1v) is 6.01. The molecule has 0 heterocycles. The van der Waals surface area contributed by atoms with E-state index in [4.69, 9.17) is 22.2 Å². The fourth-order valence-corrected chi connectivity index (χ4v) is 1.81. The van der Waals surface area contributed by atoms with Gasteiger partial charge in [0.2, 0.25) is 5.05 Å². The van der Waals surface area contributed by atoms with Crippen LogP contribution in [0.2, 0.25) is 0 Å². The summed E-state index contributed by atoms with van der Waals surface area (Å²) in [6.45, 7) is 3.85. The first-order valence-electron chi connectivity index (χ1n) is 5.61. The fourth-order valence-electron chi connectivity index (χ4n) is 1.61. The van der Waals surface area contributed by atoms with Crippen LogP contribution < -0.4 is 5.32 Å². The normalized spacial score (nSPS) is 13.0. The zero-order chi connectivity index (χ0) is 13.5. The molecule has 1 aromatic rings. The Balaban J connectivity index is 2.87. The van der Waals surface area contributed by atoms with Crippen LogP contribution in [-0.4, -0.2) is 12.2 Å². The minimum absolute atomic E-state index is 0.106. The lowest BCUT2D eigenvalue weighted by Gasteiger charge is -2.17. The van der Waals surface area contributed by atoms with E-state index < -0.39 is 0 Å². The molecule has 1 aromatic carbocycles. The molecule has 0 aromatic heterocycles. The monoisotopic (exact) mass is 260 g/mol. The molecule has 0 saturated heterocycles. The number of nitrogens with one attached hydrogen (secondary N) is 1. The molecule has 4 heteroatoms. The zero-order valence-corrected chi connectivity index (χ0v) is 11.5. The van der Waals surface area contributed by atoms with Crippen molar-refractivity contribution in [3.8, 4) is 6.07 Å². The third-order valence-corrected chi connectivity index (χ3v) is 2.98. The van der Waals surface area contributed by atoms with E-state index >= 15 is 0 Å². The third kappa shape index (κ3) is 3.57. The molecule has 0 radical (unpaired) electrons. The molecular formula is C14H16N2OS. The number of hydrogen-bond donors (Lipinski definition) is 1. The van der Waals surface area contributed by atoms with E-state index in [0.717, 1.165) is 11.3 Å². The lowest BCUT2D eigenvalue weighted by molar-refractivity contribution is 0.415. The van der Waals surface area contributed by atoms with Crippen LogP contribution in [0, 0.1) is 11.3 Å². The molecule has 0 fully saturated rings. The third-order valence-electron chi connectivity index (χ3n) is 2.61. The number of thiocarbonyl (C=S) groups is 1. The highest BCUT2D eigenvalue weighted by atomic mass is 32.1. The largest absolute Gasteiger partial charge is 0.486 e. The molecular weight excluding hydrogens is 244 g/mol. The number of benzene rings is 1. The molecule has 1 rings (SSSR count). The van der Waals surface area contributed by atoms with E-state index in [1.807, 2.05) is 44.2 Å². The maximum Gasteiger partial charge on any atom is 0.203 e. The number of methoxy groups -OCH3 is 1. The van der Waals surface area contributed by atoms with E-state index in [9.17, 15) is 0 Å². The van der Waals surface area contributed by atoms with Gasteiger partial charge in [-0.15, -0.1) is 0 Å². The van der Waals surface area contributed by atoms with E-state index in [0.29, 0.717) is 5.57 Å². The van der Waals surface area contributed by atoms with Gasteiger partial charge >= 0.3 is 0 Å². The molecule has 0 aliphatic heterocycles. The van der Waals surface area contributed by atoms with Crippen LogP contribution in [0.5, 0.6) is 0 Å². The molecule has 0 spiro atoms. The SMILES string of the molecule is COC(=S)C(C#N)=C(C)NC(C)c1ccccc1. The number of rotatable bonds is 4. The average molecular weight is 260 g/mol. The summed E-state index contributed by atoms with van der Waals surface area (Å²) in [5.41, 5.74) is 2.24. The molecule has 0 saturated carbocycles. The van der Waals surface area contributed by atoms with Crippen LogP contribution in [0.4, 0.5) is 0 Å². The minimum atomic E-state index is 0.106. The number of nitriles is 1. The molecule has 0 amide bonds. The van der Waals surface area contributed by atoms with Gasteiger partial charge in [0.1, 0.15) is 11.6 Å². The molecule has 1 unspecified atom stereocenters. The van der Waals surface area contributed by atoms with Crippen LogP contribution in [-0.2, 0) is 4.74 Å². The van der Waals surface area contributed by atoms with Crippen molar-refractivity contribution in [3.63, 3.8) is 0 Å². The van der Waals surface area contributed by atoms with Gasteiger partial charge in [0.15, 0.2) is 0 Å². The van der Waals surface area contributed by atoms with E-state index in [1.165, 1.54) is 7.11 Å². The number of ether oxygens (including phenoxy) is 1. The van der Waals surface area contributed by atoms with Crippen LogP contribution >= 0.6 is 12.2 Å². The van der Waals surface area contributed by atoms with Gasteiger partial charge in [-0.05, 0) is 31.6 Å². The van der Waals surface area contributed by atoms with Gasteiger partial charge in [-0.2, -0.15) is 5.26 Å². The Labute approximate surface area is 113 Å². The first-order chi connectivity index (χ1) is 8.60. The predicted octanol–water partition coefficient (Wildman–Crippen LogP) is 3.11. The highest BCUT2D eigenvalue weighted by Crippen LogP contribution is 2.15. The molecule has 1 atom stereocenters. The first kappa shape index (κ1) is 14.2. The van der Waals surface area contributed by atoms with Crippen LogP contribution in [0.3, 0.4) is 0 Å². The Morgan fingerprint density at radius 3 is 2.50 bits per heavy atom. The summed E-state index contributed by atoms with van der Waals surface area (Å²) in [4.78, 5) is 0. The Bertz CT molecular complexity index is 488. The van der Waals surface area contributed by atoms with Gasteiger partial charge in [0, 0.05) is 11.7 Å². The second-order valence-corrected chi connectivity index (χ2v) is 4.25. The lowest BCUT2D eigenvalue weighted by atomic mass is 10.1. The van der Waals surface area contributed by atoms with Crippen molar-refractivity contribution in [2.24, 2.45) is 0 Å². The summed E-state index contributed by atoms with van der Waals surface area (Å²) < 4.78 is 4.92. The molecule has 1 N–H and O–H groups in total. The van der Waals surface area contributed by atoms with Crippen LogP contribution in [0.15, 0.2) is 41.6 Å². The maximum atomic E-state index is 9.07. The Morgan fingerprint density at radius 2 is 2.00 bits per heavy atom. The van der Waals surface area contributed by atoms with Crippen molar-refractivity contribution in [2.75, 3.05) is 7.11 Å². The van der Waals surface area contributed by atoms with Gasteiger partial charge in [-0.3, -0.25) is 0 Å². The maximum absolute atomic E-state index is 9.07. The summed E-state index contributed by atoms with van der Waals surface area (Å²) in [6, 6.07) is 12.2. The van der Waals surface area contributed by atoms with Crippen molar-refractivity contribution in [1.82, 2.24) is 5.32 Å². The van der Waals surface area contributed by atoms with Crippen molar-refractivity contribution in [1.29, 1.82) is 5.26 Å². The summed E-state index contributed by atoms with van der Waals surface area (Å²) in [5, 5.41) is 12.5. The molecule has 94 valence electrons. The Hall–Kier alpha value is -1.86.